The zero-order valence-corrected chi connectivity index (χ0v) is 19.2. The first-order chi connectivity index (χ1) is 13.8. The molecule has 0 aliphatic carbocycles. The molecule has 30 heavy (non-hydrogen) atoms. The predicted molar refractivity (Wildman–Crippen MR) is 113 cm³/mol. The van der Waals surface area contributed by atoms with Crippen LogP contribution in [0.3, 0.4) is 0 Å². The minimum Gasteiger partial charge on any atom is -0.458 e. The molecule has 7 heteroatoms. The third-order valence-corrected chi connectivity index (χ3v) is 7.18. The summed E-state index contributed by atoms with van der Waals surface area (Å²) in [6.07, 6.45) is 1.45. The van der Waals surface area contributed by atoms with Gasteiger partial charge in [0.15, 0.2) is 0 Å². The fraction of sp³-hybridized carbons (Fsp3) is 0.826. The highest BCUT2D eigenvalue weighted by Crippen LogP contribution is 2.45. The van der Waals surface area contributed by atoms with Gasteiger partial charge in [-0.25, -0.2) is 0 Å². The molecule has 0 amide bonds. The zero-order valence-electron chi connectivity index (χ0n) is 19.2. The summed E-state index contributed by atoms with van der Waals surface area (Å²) in [5, 5.41) is 21.4. The van der Waals surface area contributed by atoms with E-state index in [2.05, 4.69) is 0 Å². The number of hydrogen-bond acceptors (Lipinski definition) is 7. The number of carbonyl (C=O) groups excluding carboxylic acids is 2. The van der Waals surface area contributed by atoms with Crippen molar-refractivity contribution in [3.05, 3.63) is 11.8 Å². The van der Waals surface area contributed by atoms with E-state index in [0.29, 0.717) is 6.42 Å². The molecule has 0 radical (unpaired) electrons. The maximum absolute atomic E-state index is 13.0. The van der Waals surface area contributed by atoms with Crippen molar-refractivity contribution in [1.82, 2.24) is 0 Å². The van der Waals surface area contributed by atoms with E-state index in [0.717, 1.165) is 24.8 Å². The minimum atomic E-state index is -1.22. The van der Waals surface area contributed by atoms with E-state index in [1.165, 1.54) is 6.20 Å². The van der Waals surface area contributed by atoms with Crippen molar-refractivity contribution in [1.29, 1.82) is 0 Å². The number of Topliss-reactive ketones (excluding diaryl/α,β-unsaturated/α-hetero) is 1. The van der Waals surface area contributed by atoms with E-state index < -0.39 is 35.6 Å². The van der Waals surface area contributed by atoms with Crippen LogP contribution in [0.1, 0.15) is 73.6 Å². The van der Waals surface area contributed by atoms with Crippen LogP contribution < -0.4 is 5.73 Å². The fourth-order valence-electron chi connectivity index (χ4n) is 4.40. The molecule has 2 fully saturated rings. The van der Waals surface area contributed by atoms with Crippen LogP contribution >= 0.6 is 0 Å². The van der Waals surface area contributed by atoms with Gasteiger partial charge in [-0.2, -0.15) is 0 Å². The van der Waals surface area contributed by atoms with E-state index in [9.17, 15) is 19.8 Å². The Hall–Kier alpha value is -1.44. The molecular weight excluding hydrogens is 386 g/mol. The van der Waals surface area contributed by atoms with Crippen LogP contribution in [0, 0.1) is 17.3 Å². The normalized spacial score (nSPS) is 41.7. The Labute approximate surface area is 180 Å². The molecular formula is C23H39NO6. The number of cyclic esters (lactones) is 1. The second-order valence-electron chi connectivity index (χ2n) is 10.00. The van der Waals surface area contributed by atoms with Gasteiger partial charge in [-0.05, 0) is 44.4 Å². The van der Waals surface area contributed by atoms with E-state index >= 15 is 0 Å². The molecule has 0 spiro atoms. The van der Waals surface area contributed by atoms with Crippen LogP contribution in [-0.4, -0.2) is 52.0 Å². The topological polar surface area (TPSA) is 122 Å². The Morgan fingerprint density at radius 1 is 1.20 bits per heavy atom. The summed E-state index contributed by atoms with van der Waals surface area (Å²) in [7, 11) is 0. The molecule has 0 aromatic carbocycles. The number of aliphatic hydroxyl groups is 2. The summed E-state index contributed by atoms with van der Waals surface area (Å²) in [6, 6.07) is 0. The van der Waals surface area contributed by atoms with Crippen molar-refractivity contribution in [2.75, 3.05) is 0 Å². The molecule has 0 aromatic heterocycles. The number of aliphatic hydroxyl groups excluding tert-OH is 2. The number of esters is 1. The first-order valence-corrected chi connectivity index (χ1v) is 11.0. The molecule has 0 aromatic rings. The van der Waals surface area contributed by atoms with Gasteiger partial charge in [0.1, 0.15) is 11.9 Å². The van der Waals surface area contributed by atoms with Gasteiger partial charge in [0, 0.05) is 12.3 Å². The highest BCUT2D eigenvalue weighted by molar-refractivity contribution is 5.88. The smallest absolute Gasteiger partial charge is 0.309 e. The quantitative estimate of drug-likeness (QED) is 0.436. The Morgan fingerprint density at radius 3 is 2.43 bits per heavy atom. The highest BCUT2D eigenvalue weighted by atomic mass is 16.6. The molecule has 2 rings (SSSR count). The van der Waals surface area contributed by atoms with Crippen molar-refractivity contribution >= 4 is 11.8 Å². The molecule has 0 bridgehead atoms. The average molecular weight is 426 g/mol. The SMILES string of the molecule is C/C(=C\N)[C@@H]1C[C@@H]2O[C@]2(C)CCC[C@H](C)[C@H](O)[C@@H](C)C(=O)C(C)(C)[C@@H](O)CC(=O)O1. The minimum absolute atomic E-state index is 0.0415. The summed E-state index contributed by atoms with van der Waals surface area (Å²) >= 11 is 0. The van der Waals surface area contributed by atoms with Gasteiger partial charge in [-0.3, -0.25) is 9.59 Å². The lowest BCUT2D eigenvalue weighted by Gasteiger charge is -2.34. The van der Waals surface area contributed by atoms with Crippen molar-refractivity contribution in [3.63, 3.8) is 0 Å². The van der Waals surface area contributed by atoms with Gasteiger partial charge in [0.2, 0.25) is 0 Å². The Bertz CT molecular complexity index is 675. The Morgan fingerprint density at radius 2 is 1.83 bits per heavy atom. The summed E-state index contributed by atoms with van der Waals surface area (Å²) in [5.74, 6) is -1.57. The number of carbonyl (C=O) groups is 2. The van der Waals surface area contributed by atoms with Gasteiger partial charge >= 0.3 is 5.97 Å². The van der Waals surface area contributed by atoms with Gasteiger partial charge in [0.25, 0.3) is 0 Å². The number of epoxide rings is 1. The molecule has 2 aliphatic heterocycles. The second-order valence-corrected chi connectivity index (χ2v) is 10.00. The van der Waals surface area contributed by atoms with Gasteiger partial charge in [-0.1, -0.05) is 34.1 Å². The third-order valence-electron chi connectivity index (χ3n) is 7.18. The lowest BCUT2D eigenvalue weighted by atomic mass is 9.73. The number of hydrogen-bond donors (Lipinski definition) is 3. The van der Waals surface area contributed by atoms with Crippen LogP contribution in [0.15, 0.2) is 11.8 Å². The van der Waals surface area contributed by atoms with Gasteiger partial charge in [-0.15, -0.1) is 0 Å². The van der Waals surface area contributed by atoms with E-state index in [4.69, 9.17) is 15.2 Å². The lowest BCUT2D eigenvalue weighted by molar-refractivity contribution is -0.154. The van der Waals surface area contributed by atoms with Crippen LogP contribution in [0.2, 0.25) is 0 Å². The number of rotatable bonds is 1. The van der Waals surface area contributed by atoms with E-state index in [1.807, 2.05) is 13.8 Å². The molecule has 0 unspecified atom stereocenters. The zero-order chi connectivity index (χ0) is 22.9. The molecule has 7 atom stereocenters. The molecule has 2 heterocycles. The van der Waals surface area contributed by atoms with Crippen LogP contribution in [0.5, 0.6) is 0 Å². The van der Waals surface area contributed by atoms with Crippen molar-refractivity contribution in [2.45, 2.75) is 104 Å². The number of ether oxygens (including phenoxy) is 2. The van der Waals surface area contributed by atoms with Crippen molar-refractivity contribution < 1.29 is 29.3 Å². The predicted octanol–water partition coefficient (Wildman–Crippen LogP) is 2.47. The van der Waals surface area contributed by atoms with Crippen molar-refractivity contribution in [3.8, 4) is 0 Å². The van der Waals surface area contributed by atoms with E-state index in [1.54, 1.807) is 27.7 Å². The summed E-state index contributed by atoms with van der Waals surface area (Å²) in [5.41, 5.74) is 4.90. The molecule has 172 valence electrons. The monoisotopic (exact) mass is 425 g/mol. The largest absolute Gasteiger partial charge is 0.458 e. The summed E-state index contributed by atoms with van der Waals surface area (Å²) in [6.45, 7) is 10.7. The highest BCUT2D eigenvalue weighted by Gasteiger charge is 2.53. The number of ketones is 1. The van der Waals surface area contributed by atoms with Crippen LogP contribution in [0.25, 0.3) is 0 Å². The van der Waals surface area contributed by atoms with Gasteiger partial charge in [0.05, 0.1) is 35.7 Å². The van der Waals surface area contributed by atoms with Gasteiger partial charge < -0.3 is 25.4 Å². The second kappa shape index (κ2) is 9.37. The number of nitrogens with two attached hydrogens (primary N) is 1. The number of fused-ring (bicyclic) bond motifs is 1. The molecule has 4 N–H and O–H groups in total. The first-order valence-electron chi connectivity index (χ1n) is 11.0. The summed E-state index contributed by atoms with van der Waals surface area (Å²) in [4.78, 5) is 25.6. The molecule has 0 saturated carbocycles. The summed E-state index contributed by atoms with van der Waals surface area (Å²) < 4.78 is 11.5. The maximum atomic E-state index is 13.0. The Kier molecular flexibility index (Phi) is 7.75. The molecule has 2 saturated heterocycles. The Balaban J connectivity index is 2.26. The fourth-order valence-corrected chi connectivity index (χ4v) is 4.40. The van der Waals surface area contributed by atoms with Crippen LogP contribution in [-0.2, 0) is 19.1 Å². The average Bonchev–Trinajstić information content (AvgIpc) is 3.32. The first kappa shape index (κ1) is 24.8. The standard InChI is InChI=1S/C23H39NO6/c1-13-8-7-9-23(6)18(30-23)10-16(14(2)12-24)29-19(26)11-17(25)22(4,5)21(28)15(3)20(13)27/h12-13,15-18,20,25,27H,7-11,24H2,1-6H3/b14-12+/t13-,15+,16-,17-,18-,20-,23+/m0/s1. The lowest BCUT2D eigenvalue weighted by Crippen LogP contribution is -2.45. The molecule has 7 nitrogen and oxygen atoms in total. The third kappa shape index (κ3) is 5.42. The van der Waals surface area contributed by atoms with Crippen molar-refractivity contribution in [2.24, 2.45) is 23.0 Å². The molecule has 2 aliphatic rings. The van der Waals surface area contributed by atoms with E-state index in [-0.39, 0.29) is 29.8 Å². The maximum Gasteiger partial charge on any atom is 0.309 e. The van der Waals surface area contributed by atoms with Crippen LogP contribution in [0.4, 0.5) is 0 Å².